The van der Waals surface area contributed by atoms with Gasteiger partial charge in [-0.05, 0) is 39.0 Å². The monoisotopic (exact) mass is 359 g/mol. The summed E-state index contributed by atoms with van der Waals surface area (Å²) in [7, 11) is 0. The topological polar surface area (TPSA) is 47.6 Å². The molecule has 0 saturated heterocycles. The van der Waals surface area contributed by atoms with Crippen LogP contribution in [0, 0.1) is 6.92 Å². The lowest BCUT2D eigenvalue weighted by molar-refractivity contribution is -0.124. The Morgan fingerprint density at radius 3 is 2.84 bits per heavy atom. The van der Waals surface area contributed by atoms with Crippen molar-refractivity contribution < 1.29 is 14.3 Å². The Morgan fingerprint density at radius 1 is 1.32 bits per heavy atom. The van der Waals surface area contributed by atoms with Crippen molar-refractivity contribution >= 4 is 17.5 Å². The van der Waals surface area contributed by atoms with E-state index >= 15 is 0 Å². The minimum atomic E-state index is -0.343. The number of para-hydroxylation sites is 1. The predicted octanol–water partition coefficient (Wildman–Crippen LogP) is 4.45. The summed E-state index contributed by atoms with van der Waals surface area (Å²) in [5, 5.41) is 3.55. The molecule has 25 heavy (non-hydrogen) atoms. The zero-order valence-corrected chi connectivity index (χ0v) is 15.4. The molecule has 1 amide bonds. The molecule has 132 valence electrons. The molecule has 0 aliphatic carbocycles. The van der Waals surface area contributed by atoms with Gasteiger partial charge in [-0.2, -0.15) is 0 Å². The van der Waals surface area contributed by atoms with Crippen molar-refractivity contribution in [2.24, 2.45) is 0 Å². The fourth-order valence-corrected chi connectivity index (χ4v) is 3.23. The van der Waals surface area contributed by atoms with E-state index in [0.717, 1.165) is 16.9 Å². The van der Waals surface area contributed by atoms with Gasteiger partial charge in [-0.25, -0.2) is 0 Å². The molecule has 1 aliphatic heterocycles. The lowest BCUT2D eigenvalue weighted by Gasteiger charge is -2.38. The van der Waals surface area contributed by atoms with Gasteiger partial charge in [-0.1, -0.05) is 41.4 Å². The van der Waals surface area contributed by atoms with Gasteiger partial charge in [0, 0.05) is 12.0 Å². The number of aryl methyl sites for hydroxylation is 1. The van der Waals surface area contributed by atoms with Crippen molar-refractivity contribution in [2.45, 2.75) is 38.8 Å². The van der Waals surface area contributed by atoms with Crippen LogP contribution in [0.3, 0.4) is 0 Å². The Morgan fingerprint density at radius 2 is 2.08 bits per heavy atom. The van der Waals surface area contributed by atoms with Crippen LogP contribution < -0.4 is 14.8 Å². The van der Waals surface area contributed by atoms with Crippen molar-refractivity contribution in [3.8, 4) is 11.5 Å². The van der Waals surface area contributed by atoms with Crippen molar-refractivity contribution in [2.75, 3.05) is 6.61 Å². The molecule has 1 aliphatic rings. The standard InChI is InChI=1S/C20H22ClNO3/c1-13-8-9-17-14(10-13)16(11-20(2,3)25-17)22-19(23)12-24-18-7-5-4-6-15(18)21/h4-10,16H,11-12H2,1-3H3,(H,22,23)/t16-/m0/s1. The number of halogens is 1. The normalized spacial score (nSPS) is 18.0. The molecular weight excluding hydrogens is 338 g/mol. The van der Waals surface area contributed by atoms with Crippen LogP contribution in [0.5, 0.6) is 11.5 Å². The van der Waals surface area contributed by atoms with Crippen LogP contribution in [0.1, 0.15) is 37.4 Å². The predicted molar refractivity (Wildman–Crippen MR) is 98.3 cm³/mol. The Balaban J connectivity index is 1.70. The fraction of sp³-hybridized carbons (Fsp3) is 0.350. The number of ether oxygens (including phenoxy) is 2. The fourth-order valence-electron chi connectivity index (χ4n) is 3.04. The van der Waals surface area contributed by atoms with Gasteiger partial charge < -0.3 is 14.8 Å². The minimum Gasteiger partial charge on any atom is -0.487 e. The molecule has 3 rings (SSSR count). The molecule has 1 heterocycles. The van der Waals surface area contributed by atoms with E-state index in [-0.39, 0.29) is 24.2 Å². The number of rotatable bonds is 4. The molecule has 0 spiro atoms. The Bertz CT molecular complexity index is 788. The highest BCUT2D eigenvalue weighted by molar-refractivity contribution is 6.32. The largest absolute Gasteiger partial charge is 0.487 e. The third-order valence-corrected chi connectivity index (χ3v) is 4.47. The van der Waals surface area contributed by atoms with Crippen LogP contribution in [0.15, 0.2) is 42.5 Å². The highest BCUT2D eigenvalue weighted by atomic mass is 35.5. The summed E-state index contributed by atoms with van der Waals surface area (Å²) in [6.07, 6.45) is 0.696. The van der Waals surface area contributed by atoms with E-state index in [4.69, 9.17) is 21.1 Å². The summed E-state index contributed by atoms with van der Waals surface area (Å²) in [5.74, 6) is 1.14. The van der Waals surface area contributed by atoms with Gasteiger partial charge in [0.2, 0.25) is 0 Å². The van der Waals surface area contributed by atoms with Crippen LogP contribution in [-0.4, -0.2) is 18.1 Å². The summed E-state index contributed by atoms with van der Waals surface area (Å²) in [4.78, 5) is 12.4. The first-order valence-electron chi connectivity index (χ1n) is 8.30. The average Bonchev–Trinajstić information content (AvgIpc) is 2.54. The SMILES string of the molecule is Cc1ccc2c(c1)[C@@H](NC(=O)COc1ccccc1Cl)CC(C)(C)O2. The van der Waals surface area contributed by atoms with E-state index < -0.39 is 0 Å². The summed E-state index contributed by atoms with van der Waals surface area (Å²) >= 11 is 6.05. The smallest absolute Gasteiger partial charge is 0.258 e. The Labute approximate surface area is 153 Å². The third-order valence-electron chi connectivity index (χ3n) is 4.15. The molecule has 0 bridgehead atoms. The second kappa shape index (κ2) is 6.96. The summed E-state index contributed by atoms with van der Waals surface area (Å²) in [5.41, 5.74) is 1.79. The number of benzene rings is 2. The summed E-state index contributed by atoms with van der Waals surface area (Å²) in [6.45, 7) is 5.99. The van der Waals surface area contributed by atoms with E-state index in [9.17, 15) is 4.79 Å². The number of fused-ring (bicyclic) bond motifs is 1. The van der Waals surface area contributed by atoms with Crippen LogP contribution >= 0.6 is 11.6 Å². The second-order valence-electron chi connectivity index (χ2n) is 6.95. The molecule has 0 saturated carbocycles. The van der Waals surface area contributed by atoms with Crippen molar-refractivity contribution in [1.29, 1.82) is 0 Å². The number of carbonyl (C=O) groups is 1. The molecule has 2 aromatic rings. The molecule has 2 aromatic carbocycles. The van der Waals surface area contributed by atoms with Crippen LogP contribution in [-0.2, 0) is 4.79 Å². The van der Waals surface area contributed by atoms with Gasteiger partial charge in [0.15, 0.2) is 6.61 Å². The number of carbonyl (C=O) groups excluding carboxylic acids is 1. The molecule has 1 N–H and O–H groups in total. The molecule has 0 fully saturated rings. The molecule has 0 unspecified atom stereocenters. The number of hydrogen-bond donors (Lipinski definition) is 1. The highest BCUT2D eigenvalue weighted by Gasteiger charge is 2.34. The Kier molecular flexibility index (Phi) is 4.91. The molecule has 1 atom stereocenters. The van der Waals surface area contributed by atoms with Gasteiger partial charge in [-0.3, -0.25) is 4.79 Å². The third kappa shape index (κ3) is 4.26. The first-order valence-corrected chi connectivity index (χ1v) is 8.68. The van der Waals surface area contributed by atoms with Crippen LogP contribution in [0.25, 0.3) is 0 Å². The van der Waals surface area contributed by atoms with Crippen molar-refractivity contribution in [3.05, 3.63) is 58.6 Å². The Hall–Kier alpha value is -2.20. The lowest BCUT2D eigenvalue weighted by Crippen LogP contribution is -2.42. The first kappa shape index (κ1) is 17.6. The van der Waals surface area contributed by atoms with E-state index in [1.165, 1.54) is 0 Å². The zero-order chi connectivity index (χ0) is 18.0. The van der Waals surface area contributed by atoms with Gasteiger partial charge >= 0.3 is 0 Å². The first-order chi connectivity index (χ1) is 11.8. The van der Waals surface area contributed by atoms with Gasteiger partial charge in [0.05, 0.1) is 11.1 Å². The lowest BCUT2D eigenvalue weighted by atomic mass is 9.89. The maximum Gasteiger partial charge on any atom is 0.258 e. The highest BCUT2D eigenvalue weighted by Crippen LogP contribution is 2.39. The minimum absolute atomic E-state index is 0.0807. The molecule has 4 nitrogen and oxygen atoms in total. The number of amides is 1. The summed E-state index contributed by atoms with van der Waals surface area (Å²) < 4.78 is 11.6. The number of nitrogens with one attached hydrogen (secondary N) is 1. The van der Waals surface area contributed by atoms with Crippen LogP contribution in [0.4, 0.5) is 0 Å². The average molecular weight is 360 g/mol. The molecule has 0 aromatic heterocycles. The maximum absolute atomic E-state index is 12.4. The molecule has 0 radical (unpaired) electrons. The van der Waals surface area contributed by atoms with Gasteiger partial charge in [0.1, 0.15) is 17.1 Å². The summed E-state index contributed by atoms with van der Waals surface area (Å²) in [6, 6.07) is 13.0. The van der Waals surface area contributed by atoms with E-state index in [2.05, 4.69) is 11.4 Å². The second-order valence-corrected chi connectivity index (χ2v) is 7.35. The number of hydrogen-bond acceptors (Lipinski definition) is 3. The van der Waals surface area contributed by atoms with Crippen LogP contribution in [0.2, 0.25) is 5.02 Å². The van der Waals surface area contributed by atoms with E-state index in [1.807, 2.05) is 45.0 Å². The van der Waals surface area contributed by atoms with Crippen molar-refractivity contribution in [3.63, 3.8) is 0 Å². The van der Waals surface area contributed by atoms with E-state index in [0.29, 0.717) is 17.2 Å². The molecular formula is C20H22ClNO3. The van der Waals surface area contributed by atoms with Gasteiger partial charge in [0.25, 0.3) is 5.91 Å². The maximum atomic E-state index is 12.4. The zero-order valence-electron chi connectivity index (χ0n) is 14.6. The van der Waals surface area contributed by atoms with Crippen molar-refractivity contribution in [1.82, 2.24) is 5.32 Å². The van der Waals surface area contributed by atoms with Gasteiger partial charge in [-0.15, -0.1) is 0 Å². The van der Waals surface area contributed by atoms with E-state index in [1.54, 1.807) is 12.1 Å². The quantitative estimate of drug-likeness (QED) is 0.877. The molecule has 5 heteroatoms.